The van der Waals surface area contributed by atoms with E-state index in [2.05, 4.69) is 11.7 Å². The second-order valence-electron chi connectivity index (χ2n) is 4.75. The van der Waals surface area contributed by atoms with Crippen LogP contribution < -0.4 is 0 Å². The molecule has 4 nitrogen and oxygen atoms in total. The number of aliphatic hydroxyl groups is 1. The number of nitrogens with zero attached hydrogens (tertiary/aromatic N) is 3. The topological polar surface area (TPSA) is 61.8 Å². The number of hydrogen-bond donors (Lipinski definition) is 1. The molecule has 2 aromatic rings. The van der Waals surface area contributed by atoms with E-state index in [0.717, 1.165) is 17.7 Å². The van der Waals surface area contributed by atoms with Crippen LogP contribution in [-0.4, -0.2) is 14.9 Å². The van der Waals surface area contributed by atoms with E-state index in [1.54, 1.807) is 29.1 Å². The van der Waals surface area contributed by atoms with E-state index in [0.29, 0.717) is 16.2 Å². The largest absolute Gasteiger partial charge is 0.388 e. The molecular formula is C16H16ClN3O. The molecule has 1 heterocycles. The number of hydrogen-bond acceptors (Lipinski definition) is 3. The van der Waals surface area contributed by atoms with Crippen molar-refractivity contribution in [1.82, 2.24) is 9.78 Å². The van der Waals surface area contributed by atoms with Crippen LogP contribution >= 0.6 is 11.6 Å². The molecule has 0 saturated heterocycles. The van der Waals surface area contributed by atoms with Crippen LogP contribution in [0.5, 0.6) is 0 Å². The molecule has 21 heavy (non-hydrogen) atoms. The van der Waals surface area contributed by atoms with Crippen molar-refractivity contribution in [3.8, 4) is 17.2 Å². The summed E-state index contributed by atoms with van der Waals surface area (Å²) in [5.41, 5.74) is 2.76. The van der Waals surface area contributed by atoms with Gasteiger partial charge in [0.1, 0.15) is 0 Å². The SMILES string of the molecule is C=C(C#N)CC(O)c1ccc(Cl)cc1-c1cnn(CC)c1. The van der Waals surface area contributed by atoms with Gasteiger partial charge in [0.05, 0.1) is 18.4 Å². The molecule has 0 aliphatic carbocycles. The second-order valence-corrected chi connectivity index (χ2v) is 5.19. The van der Waals surface area contributed by atoms with Gasteiger partial charge in [-0.15, -0.1) is 0 Å². The van der Waals surface area contributed by atoms with Crippen molar-refractivity contribution in [1.29, 1.82) is 5.26 Å². The lowest BCUT2D eigenvalue weighted by Crippen LogP contribution is -2.01. The first-order valence-corrected chi connectivity index (χ1v) is 7.01. The van der Waals surface area contributed by atoms with Gasteiger partial charge in [0.15, 0.2) is 0 Å². The van der Waals surface area contributed by atoms with E-state index in [1.165, 1.54) is 0 Å². The molecule has 0 radical (unpaired) electrons. The van der Waals surface area contributed by atoms with Crippen LogP contribution in [0.3, 0.4) is 0 Å². The average Bonchev–Trinajstić information content (AvgIpc) is 2.95. The van der Waals surface area contributed by atoms with E-state index in [9.17, 15) is 5.11 Å². The fourth-order valence-corrected chi connectivity index (χ4v) is 2.31. The van der Waals surface area contributed by atoms with E-state index in [-0.39, 0.29) is 6.42 Å². The van der Waals surface area contributed by atoms with Crippen LogP contribution in [0.2, 0.25) is 5.02 Å². The molecular weight excluding hydrogens is 286 g/mol. The van der Waals surface area contributed by atoms with Crippen molar-refractivity contribution in [2.45, 2.75) is 26.0 Å². The van der Waals surface area contributed by atoms with Gasteiger partial charge in [0, 0.05) is 35.3 Å². The van der Waals surface area contributed by atoms with Crippen LogP contribution in [0.1, 0.15) is 25.0 Å². The molecule has 1 aromatic carbocycles. The molecule has 0 bridgehead atoms. The lowest BCUT2D eigenvalue weighted by Gasteiger charge is -2.14. The Hall–Kier alpha value is -2.09. The lowest BCUT2D eigenvalue weighted by atomic mass is 9.95. The van der Waals surface area contributed by atoms with Crippen LogP contribution in [-0.2, 0) is 6.54 Å². The minimum atomic E-state index is -0.797. The van der Waals surface area contributed by atoms with Gasteiger partial charge >= 0.3 is 0 Å². The molecule has 0 amide bonds. The third kappa shape index (κ3) is 3.52. The zero-order chi connectivity index (χ0) is 15.4. The van der Waals surface area contributed by atoms with Crippen LogP contribution in [0.15, 0.2) is 42.7 Å². The van der Waals surface area contributed by atoms with Crippen LogP contribution in [0.25, 0.3) is 11.1 Å². The van der Waals surface area contributed by atoms with E-state index >= 15 is 0 Å². The van der Waals surface area contributed by atoms with Gasteiger partial charge in [-0.3, -0.25) is 4.68 Å². The maximum Gasteiger partial charge on any atom is 0.0941 e. The zero-order valence-electron chi connectivity index (χ0n) is 11.8. The summed E-state index contributed by atoms with van der Waals surface area (Å²) in [7, 11) is 0. The van der Waals surface area contributed by atoms with Gasteiger partial charge in [-0.05, 0) is 30.2 Å². The molecule has 108 valence electrons. The highest BCUT2D eigenvalue weighted by atomic mass is 35.5. The Morgan fingerprint density at radius 1 is 1.57 bits per heavy atom. The normalized spacial score (nSPS) is 11.9. The predicted molar refractivity (Wildman–Crippen MR) is 82.7 cm³/mol. The highest BCUT2D eigenvalue weighted by Crippen LogP contribution is 2.33. The number of rotatable bonds is 5. The Balaban J connectivity index is 2.42. The standard InChI is InChI=1S/C16H16ClN3O/c1-3-20-10-12(9-19-20)15-7-13(17)4-5-14(15)16(21)6-11(2)8-18/h4-5,7,9-10,16,21H,2-3,6H2,1H3. The predicted octanol–water partition coefficient (Wildman–Crippen LogP) is 3.73. The van der Waals surface area contributed by atoms with Crippen molar-refractivity contribution in [2.75, 3.05) is 0 Å². The van der Waals surface area contributed by atoms with Crippen molar-refractivity contribution >= 4 is 11.6 Å². The van der Waals surface area contributed by atoms with Crippen molar-refractivity contribution in [2.24, 2.45) is 0 Å². The highest BCUT2D eigenvalue weighted by molar-refractivity contribution is 6.30. The fourth-order valence-electron chi connectivity index (χ4n) is 2.13. The van der Waals surface area contributed by atoms with Gasteiger partial charge in [-0.2, -0.15) is 10.4 Å². The van der Waals surface area contributed by atoms with E-state index < -0.39 is 6.10 Å². The highest BCUT2D eigenvalue weighted by Gasteiger charge is 2.16. The minimum Gasteiger partial charge on any atom is -0.388 e. The maximum absolute atomic E-state index is 10.3. The molecule has 0 spiro atoms. The lowest BCUT2D eigenvalue weighted by molar-refractivity contribution is 0.180. The molecule has 0 aliphatic rings. The molecule has 0 fully saturated rings. The summed E-state index contributed by atoms with van der Waals surface area (Å²) in [6.45, 7) is 6.38. The number of halogens is 1. The molecule has 2 rings (SSSR count). The van der Waals surface area contributed by atoms with Gasteiger partial charge in [0.25, 0.3) is 0 Å². The Bertz CT molecular complexity index is 700. The average molecular weight is 302 g/mol. The van der Waals surface area contributed by atoms with Crippen LogP contribution in [0.4, 0.5) is 0 Å². The zero-order valence-corrected chi connectivity index (χ0v) is 12.5. The molecule has 1 N–H and O–H groups in total. The summed E-state index contributed by atoms with van der Waals surface area (Å²) in [5.74, 6) is 0. The first kappa shape index (κ1) is 15.3. The molecule has 5 heteroatoms. The minimum absolute atomic E-state index is 0.201. The van der Waals surface area contributed by atoms with E-state index in [1.807, 2.05) is 19.2 Å². The summed E-state index contributed by atoms with van der Waals surface area (Å²) in [4.78, 5) is 0. The Kier molecular flexibility index (Phi) is 4.79. The first-order valence-electron chi connectivity index (χ1n) is 6.63. The second kappa shape index (κ2) is 6.57. The Morgan fingerprint density at radius 3 is 2.95 bits per heavy atom. The monoisotopic (exact) mass is 301 g/mol. The van der Waals surface area contributed by atoms with Gasteiger partial charge in [0.2, 0.25) is 0 Å². The van der Waals surface area contributed by atoms with Gasteiger partial charge in [-0.25, -0.2) is 0 Å². The van der Waals surface area contributed by atoms with Crippen molar-refractivity contribution in [3.05, 3.63) is 53.3 Å². The molecule has 1 unspecified atom stereocenters. The quantitative estimate of drug-likeness (QED) is 0.856. The molecule has 1 aromatic heterocycles. The molecule has 0 saturated carbocycles. The number of aliphatic hydroxyl groups excluding tert-OH is 1. The Morgan fingerprint density at radius 2 is 2.33 bits per heavy atom. The van der Waals surface area contributed by atoms with Crippen molar-refractivity contribution < 1.29 is 5.11 Å². The number of benzene rings is 1. The number of aryl methyl sites for hydroxylation is 1. The van der Waals surface area contributed by atoms with Crippen LogP contribution in [0, 0.1) is 11.3 Å². The molecule has 0 aliphatic heterocycles. The molecule has 1 atom stereocenters. The summed E-state index contributed by atoms with van der Waals surface area (Å²) in [6, 6.07) is 7.25. The summed E-state index contributed by atoms with van der Waals surface area (Å²) >= 11 is 6.07. The third-order valence-electron chi connectivity index (χ3n) is 3.24. The summed E-state index contributed by atoms with van der Waals surface area (Å²) in [5, 5.41) is 24.0. The van der Waals surface area contributed by atoms with Gasteiger partial charge in [-0.1, -0.05) is 24.2 Å². The number of aromatic nitrogens is 2. The smallest absolute Gasteiger partial charge is 0.0941 e. The Labute approximate surface area is 128 Å². The van der Waals surface area contributed by atoms with Gasteiger partial charge < -0.3 is 5.11 Å². The third-order valence-corrected chi connectivity index (χ3v) is 3.48. The number of nitriles is 1. The summed E-state index contributed by atoms with van der Waals surface area (Å²) in [6.07, 6.45) is 3.05. The van der Waals surface area contributed by atoms with E-state index in [4.69, 9.17) is 16.9 Å². The maximum atomic E-state index is 10.3. The first-order chi connectivity index (χ1) is 10.0. The summed E-state index contributed by atoms with van der Waals surface area (Å²) < 4.78 is 1.81. The van der Waals surface area contributed by atoms with Crippen molar-refractivity contribution in [3.63, 3.8) is 0 Å². The fraction of sp³-hybridized carbons (Fsp3) is 0.250.